The lowest BCUT2D eigenvalue weighted by atomic mass is 10.0. The molecule has 1 aromatic rings. The standard InChI is InChI=1S/C14H19BrF2/c1-2-3-4-5-7-11(15)10-12-13(16)8-6-9-14(12)17/h6,8-9,11H,2-5,7,10H2,1H3. The topological polar surface area (TPSA) is 0 Å². The van der Waals surface area contributed by atoms with E-state index >= 15 is 0 Å². The molecule has 96 valence electrons. The predicted octanol–water partition coefficient (Wildman–Crippen LogP) is 5.24. The number of unbranched alkanes of at least 4 members (excludes halogenated alkanes) is 3. The molecule has 0 saturated carbocycles. The Balaban J connectivity index is 2.42. The monoisotopic (exact) mass is 304 g/mol. The van der Waals surface area contributed by atoms with Gasteiger partial charge in [-0.3, -0.25) is 0 Å². The Morgan fingerprint density at radius 1 is 1.12 bits per heavy atom. The molecule has 0 aliphatic heterocycles. The first-order valence-corrected chi connectivity index (χ1v) is 7.13. The van der Waals surface area contributed by atoms with Crippen molar-refractivity contribution in [1.29, 1.82) is 0 Å². The Morgan fingerprint density at radius 3 is 2.35 bits per heavy atom. The molecular weight excluding hydrogens is 286 g/mol. The summed E-state index contributed by atoms with van der Waals surface area (Å²) in [4.78, 5) is 0.158. The molecule has 3 heteroatoms. The lowest BCUT2D eigenvalue weighted by Crippen LogP contribution is -2.06. The van der Waals surface area contributed by atoms with Gasteiger partial charge in [-0.2, -0.15) is 0 Å². The molecule has 0 N–H and O–H groups in total. The number of benzene rings is 1. The average Bonchev–Trinajstić information content (AvgIpc) is 2.30. The summed E-state index contributed by atoms with van der Waals surface area (Å²) in [5.41, 5.74) is 0.199. The largest absolute Gasteiger partial charge is 0.207 e. The lowest BCUT2D eigenvalue weighted by Gasteiger charge is -2.11. The van der Waals surface area contributed by atoms with Crippen LogP contribution in [0.1, 0.15) is 44.6 Å². The molecule has 1 unspecified atom stereocenters. The van der Waals surface area contributed by atoms with Gasteiger partial charge in [0.25, 0.3) is 0 Å². The molecule has 0 spiro atoms. The van der Waals surface area contributed by atoms with Crippen LogP contribution in [0, 0.1) is 11.6 Å². The third-order valence-corrected chi connectivity index (χ3v) is 3.64. The molecule has 0 aromatic heterocycles. The molecule has 1 atom stereocenters. The zero-order valence-corrected chi connectivity index (χ0v) is 11.8. The Morgan fingerprint density at radius 2 is 1.76 bits per heavy atom. The molecule has 1 rings (SSSR count). The summed E-state index contributed by atoms with van der Waals surface area (Å²) in [6, 6.07) is 4.03. The van der Waals surface area contributed by atoms with E-state index in [1.807, 2.05) is 0 Å². The second kappa shape index (κ2) is 7.80. The van der Waals surface area contributed by atoms with Crippen LogP contribution in [0.15, 0.2) is 18.2 Å². The van der Waals surface area contributed by atoms with E-state index in [1.165, 1.54) is 37.5 Å². The maximum Gasteiger partial charge on any atom is 0.129 e. The fourth-order valence-corrected chi connectivity index (χ4v) is 2.49. The number of halogens is 3. The third-order valence-electron chi connectivity index (χ3n) is 2.86. The van der Waals surface area contributed by atoms with Crippen LogP contribution >= 0.6 is 15.9 Å². The molecule has 0 bridgehead atoms. The fourth-order valence-electron chi connectivity index (χ4n) is 1.84. The third kappa shape index (κ3) is 5.15. The summed E-state index contributed by atoms with van der Waals surface area (Å²) in [6.45, 7) is 2.17. The Kier molecular flexibility index (Phi) is 6.71. The first-order valence-electron chi connectivity index (χ1n) is 6.22. The molecule has 0 nitrogen and oxygen atoms in total. The maximum atomic E-state index is 13.4. The van der Waals surface area contributed by atoms with Crippen molar-refractivity contribution in [2.75, 3.05) is 0 Å². The van der Waals surface area contributed by atoms with E-state index in [0.717, 1.165) is 12.8 Å². The van der Waals surface area contributed by atoms with Gasteiger partial charge in [-0.05, 0) is 25.0 Å². The van der Waals surface area contributed by atoms with Gasteiger partial charge in [-0.15, -0.1) is 0 Å². The normalized spacial score (nSPS) is 12.7. The van der Waals surface area contributed by atoms with Crippen molar-refractivity contribution in [1.82, 2.24) is 0 Å². The van der Waals surface area contributed by atoms with Crippen LogP contribution in [0.5, 0.6) is 0 Å². The van der Waals surface area contributed by atoms with Crippen molar-refractivity contribution in [2.24, 2.45) is 0 Å². The summed E-state index contributed by atoms with van der Waals surface area (Å²) < 4.78 is 26.8. The molecule has 0 radical (unpaired) electrons. The average molecular weight is 305 g/mol. The molecule has 17 heavy (non-hydrogen) atoms. The zero-order chi connectivity index (χ0) is 12.7. The van der Waals surface area contributed by atoms with Crippen molar-refractivity contribution in [2.45, 2.75) is 50.3 Å². The minimum Gasteiger partial charge on any atom is -0.207 e. The van der Waals surface area contributed by atoms with Crippen LogP contribution in [-0.2, 0) is 6.42 Å². The molecule has 1 aromatic carbocycles. The number of rotatable bonds is 7. The van der Waals surface area contributed by atoms with Gasteiger partial charge in [0.1, 0.15) is 11.6 Å². The van der Waals surface area contributed by atoms with Crippen LogP contribution in [0.2, 0.25) is 0 Å². The van der Waals surface area contributed by atoms with Crippen molar-refractivity contribution < 1.29 is 8.78 Å². The summed E-state index contributed by atoms with van der Waals surface area (Å²) in [5.74, 6) is -0.883. The first kappa shape index (κ1) is 14.6. The van der Waals surface area contributed by atoms with E-state index < -0.39 is 11.6 Å². The minimum atomic E-state index is -0.442. The van der Waals surface area contributed by atoms with Crippen LogP contribution in [0.3, 0.4) is 0 Å². The molecule has 0 fully saturated rings. The minimum absolute atomic E-state index is 0.158. The zero-order valence-electron chi connectivity index (χ0n) is 10.2. The fraction of sp³-hybridized carbons (Fsp3) is 0.571. The highest BCUT2D eigenvalue weighted by Gasteiger charge is 2.13. The molecule has 0 saturated heterocycles. The molecule has 0 aliphatic carbocycles. The Hall–Kier alpha value is -0.440. The SMILES string of the molecule is CCCCCCC(Br)Cc1c(F)cccc1F. The highest BCUT2D eigenvalue weighted by Crippen LogP contribution is 2.21. The highest BCUT2D eigenvalue weighted by atomic mass is 79.9. The molecule has 0 heterocycles. The van der Waals surface area contributed by atoms with E-state index in [-0.39, 0.29) is 10.4 Å². The summed E-state index contributed by atoms with van der Waals surface area (Å²) >= 11 is 3.50. The second-order valence-electron chi connectivity index (χ2n) is 4.35. The molecule has 0 amide bonds. The number of alkyl halides is 1. The van der Waals surface area contributed by atoms with Crippen molar-refractivity contribution in [3.63, 3.8) is 0 Å². The summed E-state index contributed by atoms with van der Waals surface area (Å²) in [5, 5.41) is 0. The van der Waals surface area contributed by atoms with Gasteiger partial charge in [-0.1, -0.05) is 54.6 Å². The van der Waals surface area contributed by atoms with Crippen LogP contribution in [0.25, 0.3) is 0 Å². The summed E-state index contributed by atoms with van der Waals surface area (Å²) in [6.07, 6.45) is 6.12. The second-order valence-corrected chi connectivity index (χ2v) is 5.65. The van der Waals surface area contributed by atoms with Crippen LogP contribution in [0.4, 0.5) is 8.78 Å². The van der Waals surface area contributed by atoms with E-state index in [2.05, 4.69) is 22.9 Å². The van der Waals surface area contributed by atoms with E-state index in [9.17, 15) is 8.78 Å². The number of hydrogen-bond donors (Lipinski definition) is 0. The van der Waals surface area contributed by atoms with Crippen molar-refractivity contribution >= 4 is 15.9 Å². The summed E-state index contributed by atoms with van der Waals surface area (Å²) in [7, 11) is 0. The van der Waals surface area contributed by atoms with E-state index in [0.29, 0.717) is 6.42 Å². The van der Waals surface area contributed by atoms with Gasteiger partial charge >= 0.3 is 0 Å². The lowest BCUT2D eigenvalue weighted by molar-refractivity contribution is 0.544. The maximum absolute atomic E-state index is 13.4. The van der Waals surface area contributed by atoms with E-state index in [4.69, 9.17) is 0 Å². The molecule has 0 aliphatic rings. The van der Waals surface area contributed by atoms with Gasteiger partial charge < -0.3 is 0 Å². The Labute approximate surface area is 111 Å². The van der Waals surface area contributed by atoms with Gasteiger partial charge in [-0.25, -0.2) is 8.78 Å². The first-order chi connectivity index (χ1) is 8.15. The van der Waals surface area contributed by atoms with Crippen molar-refractivity contribution in [3.05, 3.63) is 35.4 Å². The van der Waals surface area contributed by atoms with Gasteiger partial charge in [0.15, 0.2) is 0 Å². The van der Waals surface area contributed by atoms with Gasteiger partial charge in [0.05, 0.1) is 0 Å². The van der Waals surface area contributed by atoms with Crippen LogP contribution < -0.4 is 0 Å². The van der Waals surface area contributed by atoms with Gasteiger partial charge in [0, 0.05) is 10.4 Å². The van der Waals surface area contributed by atoms with E-state index in [1.54, 1.807) is 0 Å². The number of hydrogen-bond acceptors (Lipinski definition) is 0. The van der Waals surface area contributed by atoms with Crippen LogP contribution in [-0.4, -0.2) is 4.83 Å². The highest BCUT2D eigenvalue weighted by molar-refractivity contribution is 9.09. The predicted molar refractivity (Wildman–Crippen MR) is 71.5 cm³/mol. The molecular formula is C14H19BrF2. The van der Waals surface area contributed by atoms with Crippen molar-refractivity contribution in [3.8, 4) is 0 Å². The van der Waals surface area contributed by atoms with Gasteiger partial charge in [0.2, 0.25) is 0 Å². The smallest absolute Gasteiger partial charge is 0.129 e. The Bertz CT molecular complexity index is 319. The quantitative estimate of drug-likeness (QED) is 0.477.